The van der Waals surface area contributed by atoms with Crippen LogP contribution in [0.25, 0.3) is 0 Å². The van der Waals surface area contributed by atoms with Gasteiger partial charge in [0.1, 0.15) is 11.5 Å². The minimum Gasteiger partial charge on any atom is -0.496 e. The van der Waals surface area contributed by atoms with Crippen LogP contribution >= 0.6 is 0 Å². The number of esters is 1. The van der Waals surface area contributed by atoms with Crippen molar-refractivity contribution in [2.24, 2.45) is 5.92 Å². The molecule has 2 aromatic rings. The lowest BCUT2D eigenvalue weighted by molar-refractivity contribution is -0.140. The largest absolute Gasteiger partial charge is 0.496 e. The Labute approximate surface area is 142 Å². The van der Waals surface area contributed by atoms with Crippen molar-refractivity contribution < 1.29 is 14.3 Å². The van der Waals surface area contributed by atoms with E-state index in [0.29, 0.717) is 5.75 Å². The van der Waals surface area contributed by atoms with Crippen LogP contribution in [0.15, 0.2) is 48.5 Å². The van der Waals surface area contributed by atoms with Crippen molar-refractivity contribution in [3.8, 4) is 11.5 Å². The third-order valence-corrected chi connectivity index (χ3v) is 5.31. The third kappa shape index (κ3) is 2.38. The number of methoxy groups -OCH3 is 1. The zero-order valence-electron chi connectivity index (χ0n) is 13.9. The molecule has 4 heteroatoms. The zero-order valence-corrected chi connectivity index (χ0v) is 13.9. The Morgan fingerprint density at radius 2 is 1.83 bits per heavy atom. The summed E-state index contributed by atoms with van der Waals surface area (Å²) in [5, 5.41) is 0. The van der Waals surface area contributed by atoms with Crippen LogP contribution in [0.1, 0.15) is 30.0 Å². The molecule has 0 N–H and O–H groups in total. The number of carbonyl (C=O) groups excluding carboxylic acids is 1. The highest BCUT2D eigenvalue weighted by Crippen LogP contribution is 2.47. The van der Waals surface area contributed by atoms with E-state index >= 15 is 0 Å². The van der Waals surface area contributed by atoms with E-state index in [1.807, 2.05) is 24.3 Å². The van der Waals surface area contributed by atoms with Crippen LogP contribution in [0.4, 0.5) is 0 Å². The first-order chi connectivity index (χ1) is 11.7. The van der Waals surface area contributed by atoms with Crippen LogP contribution in [-0.2, 0) is 4.79 Å². The smallest absolute Gasteiger partial charge is 0.316 e. The lowest BCUT2D eigenvalue weighted by Gasteiger charge is -2.27. The van der Waals surface area contributed by atoms with E-state index < -0.39 is 0 Å². The number of hydrogen-bond acceptors (Lipinski definition) is 4. The molecule has 0 radical (unpaired) electrons. The number of rotatable bonds is 3. The maximum Gasteiger partial charge on any atom is 0.316 e. The summed E-state index contributed by atoms with van der Waals surface area (Å²) in [6, 6.07) is 16.3. The van der Waals surface area contributed by atoms with Gasteiger partial charge in [0.25, 0.3) is 0 Å². The van der Waals surface area contributed by atoms with Gasteiger partial charge in [-0.05, 0) is 24.6 Å². The standard InChI is InChI=1S/C20H21NO3/c1-13(14-7-4-3-5-8-14)21-11-15-16(12-21)20(22)24-18-10-6-9-17(23-2)19(15)18/h3-10,13,15-16H,11-12H2,1-2H3/t13?,15-,16+/m0/s1. The highest BCUT2D eigenvalue weighted by molar-refractivity contribution is 5.81. The number of carbonyl (C=O) groups is 1. The molecule has 2 heterocycles. The Hall–Kier alpha value is -2.33. The fourth-order valence-corrected chi connectivity index (χ4v) is 3.96. The van der Waals surface area contributed by atoms with E-state index in [-0.39, 0.29) is 23.8 Å². The summed E-state index contributed by atoms with van der Waals surface area (Å²) in [6.45, 7) is 3.75. The molecule has 124 valence electrons. The predicted octanol–water partition coefficient (Wildman–Crippen LogP) is 3.39. The molecule has 4 rings (SSSR count). The van der Waals surface area contributed by atoms with Crippen molar-refractivity contribution in [3.05, 3.63) is 59.7 Å². The predicted molar refractivity (Wildman–Crippen MR) is 91.3 cm³/mol. The number of ether oxygens (including phenoxy) is 2. The zero-order chi connectivity index (χ0) is 16.7. The second-order valence-corrected chi connectivity index (χ2v) is 6.55. The number of fused-ring (bicyclic) bond motifs is 3. The lowest BCUT2D eigenvalue weighted by Crippen LogP contribution is -2.31. The molecule has 24 heavy (non-hydrogen) atoms. The molecule has 2 aromatic carbocycles. The summed E-state index contributed by atoms with van der Waals surface area (Å²) in [4.78, 5) is 14.8. The fourth-order valence-electron chi connectivity index (χ4n) is 3.96. The Kier molecular flexibility index (Phi) is 3.77. The normalized spacial score (nSPS) is 24.0. The van der Waals surface area contributed by atoms with Crippen molar-refractivity contribution in [1.82, 2.24) is 4.90 Å². The molecule has 0 aromatic heterocycles. The van der Waals surface area contributed by atoms with Gasteiger partial charge in [0, 0.05) is 30.6 Å². The summed E-state index contributed by atoms with van der Waals surface area (Å²) < 4.78 is 11.1. The maximum absolute atomic E-state index is 12.5. The Morgan fingerprint density at radius 1 is 1.08 bits per heavy atom. The second kappa shape index (κ2) is 5.95. The Bertz CT molecular complexity index is 759. The lowest BCUT2D eigenvalue weighted by atomic mass is 9.86. The first-order valence-electron chi connectivity index (χ1n) is 8.36. The molecule has 3 atom stereocenters. The SMILES string of the molecule is COc1cccc2c1[C@H]1CN(C(C)c3ccccc3)C[C@H]1C(=O)O2. The van der Waals surface area contributed by atoms with Crippen LogP contribution in [0.3, 0.4) is 0 Å². The van der Waals surface area contributed by atoms with Gasteiger partial charge >= 0.3 is 5.97 Å². The van der Waals surface area contributed by atoms with Crippen molar-refractivity contribution in [2.75, 3.05) is 20.2 Å². The molecule has 0 saturated carbocycles. The Morgan fingerprint density at radius 3 is 2.58 bits per heavy atom. The molecule has 0 bridgehead atoms. The van der Waals surface area contributed by atoms with Gasteiger partial charge < -0.3 is 9.47 Å². The minimum atomic E-state index is -0.125. The van der Waals surface area contributed by atoms with Gasteiger partial charge in [0.05, 0.1) is 13.0 Å². The third-order valence-electron chi connectivity index (χ3n) is 5.31. The van der Waals surface area contributed by atoms with Crippen molar-refractivity contribution in [2.45, 2.75) is 18.9 Å². The fraction of sp³-hybridized carbons (Fsp3) is 0.350. The first kappa shape index (κ1) is 15.2. The number of nitrogens with zero attached hydrogens (tertiary/aromatic N) is 1. The van der Waals surface area contributed by atoms with Gasteiger partial charge in [-0.2, -0.15) is 0 Å². The van der Waals surface area contributed by atoms with Gasteiger partial charge in [-0.3, -0.25) is 9.69 Å². The van der Waals surface area contributed by atoms with Gasteiger partial charge in [0.2, 0.25) is 0 Å². The summed E-state index contributed by atoms with van der Waals surface area (Å²) >= 11 is 0. The van der Waals surface area contributed by atoms with Crippen LogP contribution in [0, 0.1) is 5.92 Å². The molecular formula is C20H21NO3. The second-order valence-electron chi connectivity index (χ2n) is 6.55. The summed E-state index contributed by atoms with van der Waals surface area (Å²) in [7, 11) is 1.67. The average Bonchev–Trinajstić information content (AvgIpc) is 3.07. The molecule has 2 aliphatic heterocycles. The van der Waals surface area contributed by atoms with Gasteiger partial charge in [0.15, 0.2) is 0 Å². The van der Waals surface area contributed by atoms with Gasteiger partial charge in [-0.25, -0.2) is 0 Å². The molecule has 4 nitrogen and oxygen atoms in total. The van der Waals surface area contributed by atoms with E-state index in [2.05, 4.69) is 36.1 Å². The van der Waals surface area contributed by atoms with E-state index in [1.165, 1.54) is 5.56 Å². The highest BCUT2D eigenvalue weighted by Gasteiger charge is 2.46. The Balaban J connectivity index is 1.67. The monoisotopic (exact) mass is 323 g/mol. The summed E-state index contributed by atoms with van der Waals surface area (Å²) in [5.74, 6) is 1.34. The van der Waals surface area contributed by atoms with Crippen LogP contribution in [0.5, 0.6) is 11.5 Å². The first-order valence-corrected chi connectivity index (χ1v) is 8.36. The molecule has 2 aliphatic rings. The molecule has 1 unspecified atom stereocenters. The van der Waals surface area contributed by atoms with Crippen LogP contribution in [0.2, 0.25) is 0 Å². The topological polar surface area (TPSA) is 38.8 Å². The number of hydrogen-bond donors (Lipinski definition) is 0. The van der Waals surface area contributed by atoms with E-state index in [1.54, 1.807) is 7.11 Å². The number of likely N-dealkylation sites (tertiary alicyclic amines) is 1. The molecule has 0 amide bonds. The molecule has 1 saturated heterocycles. The van der Waals surface area contributed by atoms with Gasteiger partial charge in [-0.1, -0.05) is 36.4 Å². The van der Waals surface area contributed by atoms with E-state index in [0.717, 1.165) is 24.4 Å². The highest BCUT2D eigenvalue weighted by atomic mass is 16.5. The summed E-state index contributed by atoms with van der Waals surface area (Å²) in [6.07, 6.45) is 0. The quantitative estimate of drug-likeness (QED) is 0.641. The molecule has 0 spiro atoms. The minimum absolute atomic E-state index is 0.122. The van der Waals surface area contributed by atoms with Crippen molar-refractivity contribution in [3.63, 3.8) is 0 Å². The molecular weight excluding hydrogens is 302 g/mol. The number of benzene rings is 2. The van der Waals surface area contributed by atoms with Crippen molar-refractivity contribution in [1.29, 1.82) is 0 Å². The summed E-state index contributed by atoms with van der Waals surface area (Å²) in [5.41, 5.74) is 2.30. The van der Waals surface area contributed by atoms with Crippen LogP contribution < -0.4 is 9.47 Å². The van der Waals surface area contributed by atoms with Gasteiger partial charge in [-0.15, -0.1) is 0 Å². The molecule has 1 fully saturated rings. The van der Waals surface area contributed by atoms with Crippen LogP contribution in [-0.4, -0.2) is 31.1 Å². The van der Waals surface area contributed by atoms with Crippen molar-refractivity contribution >= 4 is 5.97 Å². The van der Waals surface area contributed by atoms with E-state index in [9.17, 15) is 4.79 Å². The van der Waals surface area contributed by atoms with E-state index in [4.69, 9.17) is 9.47 Å². The average molecular weight is 323 g/mol. The molecule has 0 aliphatic carbocycles. The maximum atomic E-state index is 12.5.